The number of thiazole rings is 1. The Kier molecular flexibility index (Phi) is 4.01. The van der Waals surface area contributed by atoms with Crippen LogP contribution >= 0.6 is 11.3 Å². The number of carbonyl (C=O) groups is 1. The minimum Gasteiger partial charge on any atom is -0.372 e. The number of aromatic nitrogens is 1. The number of ketones is 1. The van der Waals surface area contributed by atoms with Gasteiger partial charge in [0.15, 0.2) is 5.78 Å². The number of rotatable bonds is 4. The third-order valence-electron chi connectivity index (χ3n) is 2.54. The summed E-state index contributed by atoms with van der Waals surface area (Å²) in [5.74, 6) is 0.0370. The van der Waals surface area contributed by atoms with Crippen LogP contribution in [0.3, 0.4) is 0 Å². The second kappa shape index (κ2) is 5.36. The summed E-state index contributed by atoms with van der Waals surface area (Å²) in [5, 5.41) is 0.678. The van der Waals surface area contributed by atoms with Gasteiger partial charge < -0.3 is 4.74 Å². The lowest BCUT2D eigenvalue weighted by Crippen LogP contribution is -2.17. The lowest BCUT2D eigenvalue weighted by Gasteiger charge is -2.06. The minimum atomic E-state index is -4.29. The van der Waals surface area contributed by atoms with Crippen LogP contribution in [0.25, 0.3) is 0 Å². The number of hydrogen-bond acceptors (Lipinski definition) is 4. The third kappa shape index (κ3) is 3.52. The van der Waals surface area contributed by atoms with E-state index in [9.17, 15) is 18.0 Å². The average molecular weight is 279 g/mol. The van der Waals surface area contributed by atoms with Crippen LogP contribution in [0, 0.1) is 0 Å². The molecule has 0 spiro atoms. The first-order chi connectivity index (χ1) is 8.46. The number of carbonyl (C=O) groups excluding carboxylic acids is 1. The largest absolute Gasteiger partial charge is 0.411 e. The summed E-state index contributed by atoms with van der Waals surface area (Å²) in [6.07, 6.45) is -1.79. The molecule has 100 valence electrons. The molecular weight excluding hydrogens is 267 g/mol. The van der Waals surface area contributed by atoms with Crippen molar-refractivity contribution in [1.82, 2.24) is 4.98 Å². The molecule has 0 unspecified atom stereocenters. The van der Waals surface area contributed by atoms with Crippen LogP contribution in [-0.2, 0) is 17.6 Å². The molecule has 0 aliphatic heterocycles. The highest BCUT2D eigenvalue weighted by atomic mass is 32.1. The number of halogens is 3. The molecule has 0 N–H and O–H groups in total. The Bertz CT molecular complexity index is 442. The Hall–Kier alpha value is -0.950. The molecule has 18 heavy (non-hydrogen) atoms. The van der Waals surface area contributed by atoms with Crippen molar-refractivity contribution in [2.75, 3.05) is 13.2 Å². The van der Waals surface area contributed by atoms with Crippen LogP contribution in [0.15, 0.2) is 0 Å². The van der Waals surface area contributed by atoms with Crippen LogP contribution in [0.2, 0.25) is 0 Å². The molecule has 0 atom stereocenters. The maximum absolute atomic E-state index is 11.8. The second-order valence-corrected chi connectivity index (χ2v) is 5.24. The van der Waals surface area contributed by atoms with Gasteiger partial charge in [0.2, 0.25) is 0 Å². The molecular formula is C11H12F3NO2S. The molecule has 0 aromatic carbocycles. The number of Topliss-reactive ketones (excluding diaryl/α,β-unsaturated/α-hetero) is 1. The smallest absolute Gasteiger partial charge is 0.372 e. The van der Waals surface area contributed by atoms with Gasteiger partial charge in [0.1, 0.15) is 12.3 Å². The van der Waals surface area contributed by atoms with Crippen LogP contribution in [0.5, 0.6) is 0 Å². The quantitative estimate of drug-likeness (QED) is 0.796. The van der Waals surface area contributed by atoms with Gasteiger partial charge in [0.05, 0.1) is 11.6 Å². The van der Waals surface area contributed by atoms with Crippen LogP contribution in [0.4, 0.5) is 13.2 Å². The summed E-state index contributed by atoms with van der Waals surface area (Å²) < 4.78 is 40.0. The zero-order chi connectivity index (χ0) is 13.2. The molecule has 1 heterocycles. The van der Waals surface area contributed by atoms with E-state index in [1.54, 1.807) is 0 Å². The molecule has 1 aliphatic carbocycles. The third-order valence-corrected chi connectivity index (χ3v) is 3.71. The maximum atomic E-state index is 11.8. The molecule has 0 bridgehead atoms. The summed E-state index contributed by atoms with van der Waals surface area (Å²) in [6.45, 7) is -1.27. The molecule has 3 nitrogen and oxygen atoms in total. The van der Waals surface area contributed by atoms with E-state index in [1.807, 2.05) is 0 Å². The van der Waals surface area contributed by atoms with Gasteiger partial charge >= 0.3 is 6.18 Å². The molecule has 1 aromatic heterocycles. The number of ether oxygens (including phenoxy) is 1. The molecule has 1 aliphatic rings. The van der Waals surface area contributed by atoms with Crippen molar-refractivity contribution < 1.29 is 22.7 Å². The topological polar surface area (TPSA) is 39.2 Å². The summed E-state index contributed by atoms with van der Waals surface area (Å²) in [5.41, 5.74) is 0.511. The van der Waals surface area contributed by atoms with Crippen molar-refractivity contribution >= 4 is 17.1 Å². The first-order valence-electron chi connectivity index (χ1n) is 5.62. The highest BCUT2D eigenvalue weighted by Gasteiger charge is 2.27. The molecule has 2 rings (SSSR count). The number of fused-ring (bicyclic) bond motifs is 1. The van der Waals surface area contributed by atoms with Gasteiger partial charge in [-0.25, -0.2) is 4.98 Å². The van der Waals surface area contributed by atoms with Gasteiger partial charge in [0, 0.05) is 17.7 Å². The van der Waals surface area contributed by atoms with Crippen molar-refractivity contribution in [2.24, 2.45) is 0 Å². The summed E-state index contributed by atoms with van der Waals surface area (Å²) in [7, 11) is 0. The van der Waals surface area contributed by atoms with Crippen LogP contribution < -0.4 is 0 Å². The van der Waals surface area contributed by atoms with Gasteiger partial charge in [-0.05, 0) is 12.8 Å². The Labute approximate surface area is 106 Å². The Balaban J connectivity index is 1.86. The van der Waals surface area contributed by atoms with Gasteiger partial charge in [-0.1, -0.05) is 0 Å². The fourth-order valence-electron chi connectivity index (χ4n) is 1.77. The van der Waals surface area contributed by atoms with Crippen molar-refractivity contribution in [3.8, 4) is 0 Å². The molecule has 0 fully saturated rings. The standard InChI is InChI=1S/C11H12F3NO2S/c12-11(13,14)6-17-5-4-9-15-10-7(16)2-1-3-8(10)18-9/h1-6H2. The summed E-state index contributed by atoms with van der Waals surface area (Å²) >= 11 is 1.40. The van der Waals surface area contributed by atoms with Gasteiger partial charge in [-0.15, -0.1) is 11.3 Å². The van der Waals surface area contributed by atoms with E-state index >= 15 is 0 Å². The zero-order valence-electron chi connectivity index (χ0n) is 9.55. The SMILES string of the molecule is O=C1CCCc2sc(CCOCC(F)(F)F)nc21. The number of alkyl halides is 3. The molecule has 1 aromatic rings. The van der Waals surface area contributed by atoms with Crippen molar-refractivity contribution in [3.05, 3.63) is 15.6 Å². The fraction of sp³-hybridized carbons (Fsp3) is 0.636. The molecule has 0 radical (unpaired) electrons. The second-order valence-electron chi connectivity index (χ2n) is 4.07. The van der Waals surface area contributed by atoms with Gasteiger partial charge in [-0.2, -0.15) is 13.2 Å². The van der Waals surface area contributed by atoms with E-state index in [2.05, 4.69) is 9.72 Å². The maximum Gasteiger partial charge on any atom is 0.411 e. The molecule has 7 heteroatoms. The van der Waals surface area contributed by atoms with E-state index in [1.165, 1.54) is 11.3 Å². The monoisotopic (exact) mass is 279 g/mol. The number of hydrogen-bond donors (Lipinski definition) is 0. The average Bonchev–Trinajstić information content (AvgIpc) is 2.68. The van der Waals surface area contributed by atoms with Gasteiger partial charge in [0.25, 0.3) is 0 Å². The zero-order valence-corrected chi connectivity index (χ0v) is 10.4. The minimum absolute atomic E-state index is 0.0277. The number of aryl methyl sites for hydroxylation is 1. The van der Waals surface area contributed by atoms with Crippen LogP contribution in [0.1, 0.15) is 33.2 Å². The number of nitrogens with zero attached hydrogens (tertiary/aromatic N) is 1. The molecule has 0 saturated heterocycles. The van der Waals surface area contributed by atoms with Crippen molar-refractivity contribution in [2.45, 2.75) is 31.9 Å². The Morgan fingerprint density at radius 3 is 2.78 bits per heavy atom. The van der Waals surface area contributed by atoms with E-state index in [-0.39, 0.29) is 12.4 Å². The highest BCUT2D eigenvalue weighted by molar-refractivity contribution is 7.12. The predicted octanol–water partition coefficient (Wildman–Crippen LogP) is 2.78. The molecule has 0 amide bonds. The first kappa shape index (κ1) is 13.5. The van der Waals surface area contributed by atoms with Gasteiger partial charge in [-0.3, -0.25) is 4.79 Å². The summed E-state index contributed by atoms with van der Waals surface area (Å²) in [6, 6.07) is 0. The lowest BCUT2D eigenvalue weighted by molar-refractivity contribution is -0.173. The normalized spacial score (nSPS) is 15.8. The van der Waals surface area contributed by atoms with E-state index in [0.717, 1.165) is 17.7 Å². The Morgan fingerprint density at radius 2 is 2.11 bits per heavy atom. The highest BCUT2D eigenvalue weighted by Crippen LogP contribution is 2.27. The molecule has 0 saturated carbocycles. The van der Waals surface area contributed by atoms with E-state index in [4.69, 9.17) is 0 Å². The fourth-order valence-corrected chi connectivity index (χ4v) is 2.88. The van der Waals surface area contributed by atoms with E-state index in [0.29, 0.717) is 23.5 Å². The van der Waals surface area contributed by atoms with Crippen LogP contribution in [-0.4, -0.2) is 30.2 Å². The summed E-state index contributed by atoms with van der Waals surface area (Å²) in [4.78, 5) is 16.7. The Morgan fingerprint density at radius 1 is 1.33 bits per heavy atom. The first-order valence-corrected chi connectivity index (χ1v) is 6.43. The van der Waals surface area contributed by atoms with Crippen molar-refractivity contribution in [1.29, 1.82) is 0 Å². The van der Waals surface area contributed by atoms with Crippen molar-refractivity contribution in [3.63, 3.8) is 0 Å². The van der Waals surface area contributed by atoms with E-state index < -0.39 is 12.8 Å². The lowest BCUT2D eigenvalue weighted by atomic mass is 10.0. The predicted molar refractivity (Wildman–Crippen MR) is 60.0 cm³/mol.